The van der Waals surface area contributed by atoms with E-state index >= 15 is 0 Å². The molecule has 0 aromatic heterocycles. The van der Waals surface area contributed by atoms with Crippen LogP contribution in [0.25, 0.3) is 11.1 Å². The van der Waals surface area contributed by atoms with Gasteiger partial charge in [-0.05, 0) is 97.3 Å². The molecule has 1 unspecified atom stereocenters. The predicted octanol–water partition coefficient (Wildman–Crippen LogP) is 6.74. The maximum Gasteiger partial charge on any atom is 0.253 e. The lowest BCUT2D eigenvalue weighted by Gasteiger charge is -2.33. The van der Waals surface area contributed by atoms with Crippen molar-refractivity contribution in [2.45, 2.75) is 58.5 Å². The number of rotatable bonds is 9. The number of benzene rings is 3. The molecule has 4 heteroatoms. The summed E-state index contributed by atoms with van der Waals surface area (Å²) in [6.07, 6.45) is 5.26. The first-order valence-electron chi connectivity index (χ1n) is 12.9. The molecule has 4 rings (SSSR count). The third-order valence-electron chi connectivity index (χ3n) is 7.14. The van der Waals surface area contributed by atoms with Gasteiger partial charge in [0.05, 0.1) is 0 Å². The molecule has 0 radical (unpaired) electrons. The van der Waals surface area contributed by atoms with Crippen LogP contribution in [0.1, 0.15) is 60.2 Å². The molecule has 0 saturated heterocycles. The lowest BCUT2D eigenvalue weighted by atomic mass is 9.86. The van der Waals surface area contributed by atoms with E-state index < -0.39 is 0 Å². The van der Waals surface area contributed by atoms with E-state index in [1.165, 1.54) is 41.7 Å². The van der Waals surface area contributed by atoms with Crippen molar-refractivity contribution < 1.29 is 9.18 Å². The zero-order valence-electron chi connectivity index (χ0n) is 21.3. The minimum Gasteiger partial charge on any atom is -0.338 e. The van der Waals surface area contributed by atoms with Crippen molar-refractivity contribution in [1.29, 1.82) is 0 Å². The van der Waals surface area contributed by atoms with Gasteiger partial charge < -0.3 is 4.90 Å². The van der Waals surface area contributed by atoms with Crippen LogP contribution in [0.4, 0.5) is 4.39 Å². The van der Waals surface area contributed by atoms with E-state index in [0.29, 0.717) is 5.56 Å². The summed E-state index contributed by atoms with van der Waals surface area (Å²) >= 11 is 0. The first-order valence-corrected chi connectivity index (χ1v) is 12.9. The Balaban J connectivity index is 1.40. The molecule has 0 bridgehead atoms. The van der Waals surface area contributed by atoms with E-state index in [-0.39, 0.29) is 17.8 Å². The van der Waals surface area contributed by atoms with Crippen molar-refractivity contribution in [3.05, 3.63) is 94.8 Å². The molecule has 0 heterocycles. The molecular weight excluding hydrogens is 435 g/mol. The van der Waals surface area contributed by atoms with E-state index in [4.69, 9.17) is 0 Å². The molecule has 1 atom stereocenters. The second kappa shape index (κ2) is 11.6. The van der Waals surface area contributed by atoms with Crippen molar-refractivity contribution in [3.8, 4) is 11.1 Å². The summed E-state index contributed by atoms with van der Waals surface area (Å²) in [5, 5.41) is 0. The van der Waals surface area contributed by atoms with Crippen molar-refractivity contribution in [2.24, 2.45) is 0 Å². The average molecular weight is 473 g/mol. The molecular formula is C31H37FN2O. The van der Waals surface area contributed by atoms with Crippen molar-refractivity contribution >= 4 is 5.91 Å². The van der Waals surface area contributed by atoms with Gasteiger partial charge in [-0.1, -0.05) is 56.3 Å². The van der Waals surface area contributed by atoms with Gasteiger partial charge in [0.1, 0.15) is 5.82 Å². The number of halogens is 1. The molecule has 3 nitrogen and oxygen atoms in total. The van der Waals surface area contributed by atoms with Gasteiger partial charge in [0.25, 0.3) is 5.91 Å². The molecule has 3 aromatic carbocycles. The van der Waals surface area contributed by atoms with E-state index in [1.54, 1.807) is 12.1 Å². The Labute approximate surface area is 209 Å². The van der Waals surface area contributed by atoms with Gasteiger partial charge in [0.2, 0.25) is 0 Å². The summed E-state index contributed by atoms with van der Waals surface area (Å²) in [7, 11) is 1.92. The van der Waals surface area contributed by atoms with E-state index in [0.717, 1.165) is 50.0 Å². The SMILES string of the molecule is CCCN(CCC)Cc1ccc2c(c1)CCC(N(C)C(=O)c1ccc(-c3ccc(F)cc3)cc1)C2. The second-order valence-electron chi connectivity index (χ2n) is 9.78. The van der Waals surface area contributed by atoms with Crippen LogP contribution in [0.3, 0.4) is 0 Å². The van der Waals surface area contributed by atoms with Crippen molar-refractivity contribution in [1.82, 2.24) is 9.80 Å². The summed E-state index contributed by atoms with van der Waals surface area (Å²) in [5.41, 5.74) is 6.81. The predicted molar refractivity (Wildman–Crippen MR) is 142 cm³/mol. The Morgan fingerprint density at radius 3 is 2.14 bits per heavy atom. The maximum absolute atomic E-state index is 13.2. The summed E-state index contributed by atoms with van der Waals surface area (Å²) in [4.78, 5) is 17.7. The maximum atomic E-state index is 13.2. The smallest absolute Gasteiger partial charge is 0.253 e. The third-order valence-corrected chi connectivity index (χ3v) is 7.14. The molecule has 1 aliphatic carbocycles. The Bertz CT molecular complexity index is 1120. The lowest BCUT2D eigenvalue weighted by Crippen LogP contribution is -2.40. The summed E-state index contributed by atoms with van der Waals surface area (Å²) in [5.74, 6) is -0.196. The average Bonchev–Trinajstić information content (AvgIpc) is 2.88. The molecule has 184 valence electrons. The first-order chi connectivity index (χ1) is 17.0. The fourth-order valence-electron chi connectivity index (χ4n) is 5.20. The largest absolute Gasteiger partial charge is 0.338 e. The van der Waals surface area contributed by atoms with Crippen LogP contribution in [-0.4, -0.2) is 41.9 Å². The highest BCUT2D eigenvalue weighted by molar-refractivity contribution is 5.94. The number of carbonyl (C=O) groups excluding carboxylic acids is 1. The number of nitrogens with zero attached hydrogens (tertiary/aromatic N) is 2. The number of hydrogen-bond donors (Lipinski definition) is 0. The third kappa shape index (κ3) is 6.18. The summed E-state index contributed by atoms with van der Waals surface area (Å²) in [6.45, 7) is 7.79. The Kier molecular flexibility index (Phi) is 8.35. The fourth-order valence-corrected chi connectivity index (χ4v) is 5.20. The molecule has 1 amide bonds. The Morgan fingerprint density at radius 2 is 1.51 bits per heavy atom. The number of fused-ring (bicyclic) bond motifs is 1. The Hall–Kier alpha value is -2.98. The molecule has 35 heavy (non-hydrogen) atoms. The van der Waals surface area contributed by atoms with Gasteiger partial charge in [0, 0.05) is 25.2 Å². The molecule has 3 aromatic rings. The standard InChI is InChI=1S/C31H37FN2O/c1-4-18-34(19-5-2)22-23-6-7-28-21-30(17-14-27(28)20-23)33(3)31(35)26-10-8-24(9-11-26)25-12-15-29(32)16-13-25/h6-13,15-16,20,30H,4-5,14,17-19,21-22H2,1-3H3. The van der Waals surface area contributed by atoms with Crippen LogP contribution in [-0.2, 0) is 19.4 Å². The number of amides is 1. The zero-order chi connectivity index (χ0) is 24.8. The van der Waals surface area contributed by atoms with Crippen molar-refractivity contribution in [3.63, 3.8) is 0 Å². The van der Waals surface area contributed by atoms with E-state index in [1.807, 2.05) is 36.2 Å². The number of likely N-dealkylation sites (N-methyl/N-ethyl adjacent to an activating group) is 1. The topological polar surface area (TPSA) is 23.6 Å². The highest BCUT2D eigenvalue weighted by Gasteiger charge is 2.26. The number of carbonyl (C=O) groups is 1. The molecule has 0 fully saturated rings. The highest BCUT2D eigenvalue weighted by atomic mass is 19.1. The van der Waals surface area contributed by atoms with Gasteiger partial charge in [0.15, 0.2) is 0 Å². The van der Waals surface area contributed by atoms with Gasteiger partial charge in [-0.3, -0.25) is 9.69 Å². The Morgan fingerprint density at radius 1 is 0.886 bits per heavy atom. The monoisotopic (exact) mass is 472 g/mol. The van der Waals surface area contributed by atoms with Gasteiger partial charge in [-0.25, -0.2) is 4.39 Å². The molecule has 1 aliphatic rings. The lowest BCUT2D eigenvalue weighted by molar-refractivity contribution is 0.0719. The van der Waals surface area contributed by atoms with Crippen LogP contribution in [0, 0.1) is 5.82 Å². The number of aryl methyl sites for hydroxylation is 1. The molecule has 0 saturated carbocycles. The van der Waals surface area contributed by atoms with Gasteiger partial charge in [-0.15, -0.1) is 0 Å². The normalized spacial score (nSPS) is 15.2. The second-order valence-corrected chi connectivity index (χ2v) is 9.78. The minimum absolute atomic E-state index is 0.0514. The highest BCUT2D eigenvalue weighted by Crippen LogP contribution is 2.27. The van der Waals surface area contributed by atoms with E-state index in [9.17, 15) is 9.18 Å². The van der Waals surface area contributed by atoms with Crippen LogP contribution < -0.4 is 0 Å². The van der Waals surface area contributed by atoms with Gasteiger partial charge >= 0.3 is 0 Å². The van der Waals surface area contributed by atoms with Crippen LogP contribution in [0.15, 0.2) is 66.7 Å². The molecule has 0 N–H and O–H groups in total. The summed E-state index contributed by atoms with van der Waals surface area (Å²) < 4.78 is 13.2. The van der Waals surface area contributed by atoms with Gasteiger partial charge in [-0.2, -0.15) is 0 Å². The van der Waals surface area contributed by atoms with Crippen molar-refractivity contribution in [2.75, 3.05) is 20.1 Å². The quantitative estimate of drug-likeness (QED) is 0.344. The minimum atomic E-state index is -0.248. The fraction of sp³-hybridized carbons (Fsp3) is 0.387. The first kappa shape index (κ1) is 25.1. The number of hydrogen-bond acceptors (Lipinski definition) is 2. The summed E-state index contributed by atoms with van der Waals surface area (Å²) in [6, 6.07) is 21.2. The molecule has 0 aliphatic heterocycles. The zero-order valence-corrected chi connectivity index (χ0v) is 21.3. The van der Waals surface area contributed by atoms with Crippen LogP contribution in [0.2, 0.25) is 0 Å². The molecule has 0 spiro atoms. The van der Waals surface area contributed by atoms with Crippen LogP contribution >= 0.6 is 0 Å². The van der Waals surface area contributed by atoms with E-state index in [2.05, 4.69) is 36.9 Å². The van der Waals surface area contributed by atoms with Crippen LogP contribution in [0.5, 0.6) is 0 Å².